The normalized spacial score (nSPS) is 34.4. The van der Waals surface area contributed by atoms with Crippen LogP contribution in [0.1, 0.15) is 38.5 Å². The van der Waals surface area contributed by atoms with E-state index in [1.165, 1.54) is 38.5 Å². The predicted molar refractivity (Wildman–Crippen MR) is 101 cm³/mol. The van der Waals surface area contributed by atoms with Gasteiger partial charge in [-0.3, -0.25) is 0 Å². The van der Waals surface area contributed by atoms with Gasteiger partial charge in [0.05, 0.1) is 15.7 Å². The molecule has 4 aliphatic carbocycles. The van der Waals surface area contributed by atoms with Crippen LogP contribution in [0.3, 0.4) is 0 Å². The van der Waals surface area contributed by atoms with E-state index in [4.69, 9.17) is 35.4 Å². The third-order valence-corrected chi connectivity index (χ3v) is 7.05. The lowest BCUT2D eigenvalue weighted by atomic mass is 9.49. The van der Waals surface area contributed by atoms with Gasteiger partial charge in [0, 0.05) is 6.54 Å². The highest BCUT2D eigenvalue weighted by atomic mass is 35.5. The average Bonchev–Trinajstić information content (AvgIpc) is 2.49. The molecule has 5 rings (SSSR count). The van der Waals surface area contributed by atoms with Crippen LogP contribution in [0, 0.1) is 23.2 Å². The van der Waals surface area contributed by atoms with E-state index in [0.29, 0.717) is 20.6 Å². The molecule has 4 aliphatic rings. The monoisotopic (exact) mass is 368 g/mol. The Bertz CT molecular complexity index is 596. The van der Waals surface area contributed by atoms with E-state index in [-0.39, 0.29) is 0 Å². The highest BCUT2D eigenvalue weighted by Crippen LogP contribution is 2.59. The van der Waals surface area contributed by atoms with E-state index in [9.17, 15) is 0 Å². The molecule has 1 aromatic rings. The Kier molecular flexibility index (Phi) is 4.23. The Hall–Kier alpha value is -0.510. The highest BCUT2D eigenvalue weighted by molar-refractivity contribution is 7.80. The zero-order chi connectivity index (χ0) is 16.0. The second kappa shape index (κ2) is 6.09. The first-order chi connectivity index (χ1) is 11.0. The Morgan fingerprint density at radius 2 is 1.70 bits per heavy atom. The molecule has 4 fully saturated rings. The Balaban J connectivity index is 1.37. The molecule has 0 aliphatic heterocycles. The van der Waals surface area contributed by atoms with E-state index < -0.39 is 0 Å². The van der Waals surface area contributed by atoms with Crippen LogP contribution in [0.15, 0.2) is 18.2 Å². The summed E-state index contributed by atoms with van der Waals surface area (Å²) in [6.45, 7) is 0.987. The van der Waals surface area contributed by atoms with E-state index in [1.54, 1.807) is 6.07 Å². The van der Waals surface area contributed by atoms with Crippen molar-refractivity contribution >= 4 is 46.2 Å². The topological polar surface area (TPSA) is 24.1 Å². The fourth-order valence-electron chi connectivity index (χ4n) is 5.54. The molecule has 4 saturated carbocycles. The van der Waals surface area contributed by atoms with Gasteiger partial charge in [-0.2, -0.15) is 0 Å². The maximum absolute atomic E-state index is 6.21. The summed E-state index contributed by atoms with van der Waals surface area (Å²) in [6.07, 6.45) is 8.56. The lowest BCUT2D eigenvalue weighted by molar-refractivity contribution is -0.0490. The number of anilines is 1. The van der Waals surface area contributed by atoms with Gasteiger partial charge in [0.15, 0.2) is 5.11 Å². The Morgan fingerprint density at radius 1 is 1.09 bits per heavy atom. The summed E-state index contributed by atoms with van der Waals surface area (Å²) in [4.78, 5) is 0. The molecule has 1 aromatic carbocycles. The number of hydrogen-bond donors (Lipinski definition) is 2. The molecule has 0 amide bonds. The third-order valence-electron chi connectivity index (χ3n) is 5.99. The van der Waals surface area contributed by atoms with Crippen LogP contribution in [0.25, 0.3) is 0 Å². The third kappa shape index (κ3) is 3.20. The van der Waals surface area contributed by atoms with E-state index in [0.717, 1.165) is 30.0 Å². The van der Waals surface area contributed by atoms with Crippen molar-refractivity contribution in [3.8, 4) is 0 Å². The fourth-order valence-corrected chi connectivity index (χ4v) is 6.07. The summed E-state index contributed by atoms with van der Waals surface area (Å²) in [7, 11) is 0. The number of nitrogens with one attached hydrogen (secondary N) is 2. The van der Waals surface area contributed by atoms with Gasteiger partial charge in [-0.05, 0) is 86.0 Å². The van der Waals surface area contributed by atoms with Gasteiger partial charge in [-0.15, -0.1) is 0 Å². The van der Waals surface area contributed by atoms with Crippen molar-refractivity contribution in [1.82, 2.24) is 5.32 Å². The van der Waals surface area contributed by atoms with Gasteiger partial charge in [0.1, 0.15) is 0 Å². The van der Waals surface area contributed by atoms with Gasteiger partial charge in [0.2, 0.25) is 0 Å². The molecule has 5 heteroatoms. The fraction of sp³-hybridized carbons (Fsp3) is 0.611. The molecule has 2 nitrogen and oxygen atoms in total. The molecular formula is C18H22Cl2N2S. The van der Waals surface area contributed by atoms with Gasteiger partial charge in [-0.25, -0.2) is 0 Å². The summed E-state index contributed by atoms with van der Waals surface area (Å²) >= 11 is 17.7. The minimum atomic E-state index is 0.471. The van der Waals surface area contributed by atoms with E-state index in [1.807, 2.05) is 12.1 Å². The zero-order valence-corrected chi connectivity index (χ0v) is 15.4. The minimum absolute atomic E-state index is 0.471. The predicted octanol–water partition coefficient (Wildman–Crippen LogP) is 5.50. The zero-order valence-electron chi connectivity index (χ0n) is 13.1. The van der Waals surface area contributed by atoms with Crippen molar-refractivity contribution in [2.45, 2.75) is 38.5 Å². The first-order valence-corrected chi connectivity index (χ1v) is 9.68. The first-order valence-electron chi connectivity index (χ1n) is 8.52. The maximum Gasteiger partial charge on any atom is 0.170 e. The molecule has 0 aromatic heterocycles. The molecule has 2 N–H and O–H groups in total. The van der Waals surface area contributed by atoms with Gasteiger partial charge in [-0.1, -0.05) is 29.3 Å². The van der Waals surface area contributed by atoms with Crippen molar-refractivity contribution in [2.75, 3.05) is 11.9 Å². The molecule has 4 bridgehead atoms. The quantitative estimate of drug-likeness (QED) is 0.689. The number of halogens is 2. The van der Waals surface area contributed by atoms with Gasteiger partial charge in [0.25, 0.3) is 0 Å². The second-order valence-electron chi connectivity index (χ2n) is 7.83. The van der Waals surface area contributed by atoms with Crippen LogP contribution >= 0.6 is 35.4 Å². The summed E-state index contributed by atoms with van der Waals surface area (Å²) in [5.74, 6) is 2.89. The van der Waals surface area contributed by atoms with Crippen molar-refractivity contribution < 1.29 is 0 Å². The number of rotatable bonds is 3. The highest BCUT2D eigenvalue weighted by Gasteiger charge is 2.50. The summed E-state index contributed by atoms with van der Waals surface area (Å²) in [5, 5.41) is 8.35. The molecule has 0 unspecified atom stereocenters. The van der Waals surface area contributed by atoms with Crippen LogP contribution < -0.4 is 10.6 Å². The Labute approximate surface area is 153 Å². The van der Waals surface area contributed by atoms with Crippen molar-refractivity contribution in [2.24, 2.45) is 23.2 Å². The maximum atomic E-state index is 6.21. The van der Waals surface area contributed by atoms with Gasteiger partial charge < -0.3 is 10.6 Å². The molecule has 0 radical (unpaired) electrons. The number of thiocarbonyl (C=S) groups is 1. The van der Waals surface area contributed by atoms with Gasteiger partial charge >= 0.3 is 0 Å². The van der Waals surface area contributed by atoms with Crippen molar-refractivity contribution in [3.05, 3.63) is 28.2 Å². The molecular weight excluding hydrogens is 347 g/mol. The molecule has 0 saturated heterocycles. The second-order valence-corrected chi connectivity index (χ2v) is 9.02. The van der Waals surface area contributed by atoms with Crippen LogP contribution in [0.2, 0.25) is 10.0 Å². The van der Waals surface area contributed by atoms with Crippen LogP contribution in [0.4, 0.5) is 5.69 Å². The van der Waals surface area contributed by atoms with E-state index in [2.05, 4.69) is 10.6 Å². The van der Waals surface area contributed by atoms with Crippen molar-refractivity contribution in [1.29, 1.82) is 0 Å². The molecule has 124 valence electrons. The number of benzene rings is 1. The summed E-state index contributed by atoms with van der Waals surface area (Å²) in [6, 6.07) is 5.55. The van der Waals surface area contributed by atoms with Crippen LogP contribution in [-0.2, 0) is 0 Å². The van der Waals surface area contributed by atoms with Crippen molar-refractivity contribution in [3.63, 3.8) is 0 Å². The molecule has 0 spiro atoms. The largest absolute Gasteiger partial charge is 0.362 e. The standard InChI is InChI=1S/C18H22Cl2N2S/c19-14-2-1-3-15(16(14)20)22-17(23)21-10-18-7-11-4-12(8-18)6-13(5-11)9-18/h1-3,11-13H,4-10H2,(H2,21,22,23). The lowest BCUT2D eigenvalue weighted by Gasteiger charge is -2.57. The van der Waals surface area contributed by atoms with Crippen LogP contribution in [-0.4, -0.2) is 11.7 Å². The SMILES string of the molecule is S=C(NCC12CC3CC(CC(C3)C1)C2)Nc1cccc(Cl)c1Cl. The van der Waals surface area contributed by atoms with Crippen LogP contribution in [0.5, 0.6) is 0 Å². The molecule has 0 atom stereocenters. The lowest BCUT2D eigenvalue weighted by Crippen LogP contribution is -2.51. The average molecular weight is 369 g/mol. The Morgan fingerprint density at radius 3 is 2.30 bits per heavy atom. The van der Waals surface area contributed by atoms with E-state index >= 15 is 0 Å². The molecule has 0 heterocycles. The number of hydrogen-bond acceptors (Lipinski definition) is 1. The summed E-state index contributed by atoms with van der Waals surface area (Å²) in [5.41, 5.74) is 1.24. The smallest absolute Gasteiger partial charge is 0.170 e. The summed E-state index contributed by atoms with van der Waals surface area (Å²) < 4.78 is 0. The first kappa shape index (κ1) is 16.0. The molecule has 23 heavy (non-hydrogen) atoms. The minimum Gasteiger partial charge on any atom is -0.362 e.